The van der Waals surface area contributed by atoms with Gasteiger partial charge in [0.05, 0.1) is 25.8 Å². The van der Waals surface area contributed by atoms with E-state index in [1.165, 1.54) is 12.0 Å². The molecular weight excluding hydrogens is 494 g/mol. The van der Waals surface area contributed by atoms with Crippen molar-refractivity contribution in [1.29, 1.82) is 0 Å². The van der Waals surface area contributed by atoms with Crippen LogP contribution < -0.4 is 9.47 Å². The summed E-state index contributed by atoms with van der Waals surface area (Å²) in [6.07, 6.45) is 0.499. The molecule has 1 amide bonds. The largest absolute Gasteiger partial charge is 0.503 e. The minimum absolute atomic E-state index is 0.00326. The Labute approximate surface area is 218 Å². The second-order valence-electron chi connectivity index (χ2n) is 8.63. The lowest BCUT2D eigenvalue weighted by molar-refractivity contribution is -0.129. The number of aliphatic hydroxyl groups is 1. The molecule has 1 aromatic heterocycles. The van der Waals surface area contributed by atoms with Gasteiger partial charge in [0.1, 0.15) is 17.1 Å². The molecule has 0 aliphatic carbocycles. The third kappa shape index (κ3) is 4.54. The topological polar surface area (TPSA) is 89.2 Å². The summed E-state index contributed by atoms with van der Waals surface area (Å²) < 4.78 is 16.6. The second kappa shape index (κ2) is 10.0. The van der Waals surface area contributed by atoms with Crippen molar-refractivity contribution in [2.24, 2.45) is 0 Å². The van der Waals surface area contributed by atoms with Crippen molar-refractivity contribution < 1.29 is 28.6 Å². The molecule has 1 atom stereocenters. The van der Waals surface area contributed by atoms with E-state index in [0.717, 1.165) is 11.3 Å². The van der Waals surface area contributed by atoms with Crippen LogP contribution in [-0.4, -0.2) is 42.5 Å². The molecule has 1 aliphatic rings. The highest BCUT2D eigenvalue weighted by Gasteiger charge is 2.45. The van der Waals surface area contributed by atoms with Crippen LogP contribution >= 0.6 is 11.6 Å². The smallest absolute Gasteiger partial charge is 0.290 e. The van der Waals surface area contributed by atoms with Gasteiger partial charge < -0.3 is 23.9 Å². The van der Waals surface area contributed by atoms with Crippen LogP contribution in [0.3, 0.4) is 0 Å². The third-order valence-electron chi connectivity index (χ3n) is 6.48. The van der Waals surface area contributed by atoms with E-state index in [4.69, 9.17) is 25.5 Å². The van der Waals surface area contributed by atoms with Crippen molar-refractivity contribution >= 4 is 34.3 Å². The number of ether oxygens (including phenoxy) is 2. The SMILES string of the molecule is COc1ccc(CCN2C(=O)C(O)=C(C(=O)c3cc4cc(Cl)ccc4o3)C2c2ccccc2OC)cc1. The number of hydrogen-bond acceptors (Lipinski definition) is 6. The van der Waals surface area contributed by atoms with Gasteiger partial charge in [0.2, 0.25) is 5.78 Å². The van der Waals surface area contributed by atoms with Gasteiger partial charge >= 0.3 is 0 Å². The number of halogens is 1. The van der Waals surface area contributed by atoms with Crippen molar-refractivity contribution in [2.75, 3.05) is 20.8 Å². The summed E-state index contributed by atoms with van der Waals surface area (Å²) in [7, 11) is 3.12. The minimum atomic E-state index is -0.869. The van der Waals surface area contributed by atoms with E-state index in [9.17, 15) is 14.7 Å². The molecule has 7 nitrogen and oxygen atoms in total. The predicted molar refractivity (Wildman–Crippen MR) is 139 cm³/mol. The quantitative estimate of drug-likeness (QED) is 0.292. The lowest BCUT2D eigenvalue weighted by Crippen LogP contribution is -2.33. The lowest BCUT2D eigenvalue weighted by atomic mass is 9.94. The van der Waals surface area contributed by atoms with Crippen molar-refractivity contribution in [3.05, 3.63) is 106 Å². The normalized spacial score (nSPS) is 15.5. The van der Waals surface area contributed by atoms with Crippen LogP contribution in [0.2, 0.25) is 5.02 Å². The number of nitrogens with zero attached hydrogens (tertiary/aromatic N) is 1. The maximum Gasteiger partial charge on any atom is 0.290 e. The van der Waals surface area contributed by atoms with Crippen molar-refractivity contribution in [1.82, 2.24) is 4.90 Å². The standard InChI is InChI=1S/C29H24ClNO6/c1-35-20-10-7-17(8-11-20)13-14-31-26(21-5-3-4-6-23(21)36-2)25(28(33)29(31)34)27(32)24-16-18-15-19(30)9-12-22(18)37-24/h3-12,15-16,26,33H,13-14H2,1-2H3. The van der Waals surface area contributed by atoms with Gasteiger partial charge in [-0.2, -0.15) is 0 Å². The minimum Gasteiger partial charge on any atom is -0.503 e. The fourth-order valence-electron chi connectivity index (χ4n) is 4.63. The molecule has 3 aromatic carbocycles. The maximum atomic E-state index is 13.8. The summed E-state index contributed by atoms with van der Waals surface area (Å²) in [5.74, 6) is -0.594. The second-order valence-corrected chi connectivity index (χ2v) is 9.06. The molecule has 0 bridgehead atoms. The number of fused-ring (bicyclic) bond motifs is 1. The molecular formula is C29H24ClNO6. The number of amides is 1. The molecule has 0 spiro atoms. The first-order valence-corrected chi connectivity index (χ1v) is 12.0. The van der Waals surface area contributed by atoms with E-state index in [1.54, 1.807) is 55.6 Å². The van der Waals surface area contributed by atoms with Gasteiger partial charge in [0, 0.05) is 22.5 Å². The van der Waals surface area contributed by atoms with Gasteiger partial charge in [-0.05, 0) is 54.4 Å². The fraction of sp³-hybridized carbons (Fsp3) is 0.172. The average Bonchev–Trinajstić information content (AvgIpc) is 3.45. The Morgan fingerprint density at radius 3 is 2.51 bits per heavy atom. The summed E-state index contributed by atoms with van der Waals surface area (Å²) in [6.45, 7) is 0.254. The van der Waals surface area contributed by atoms with Gasteiger partial charge in [-0.15, -0.1) is 0 Å². The van der Waals surface area contributed by atoms with Crippen molar-refractivity contribution in [2.45, 2.75) is 12.5 Å². The van der Waals surface area contributed by atoms with E-state index in [2.05, 4.69) is 0 Å². The number of carbonyl (C=O) groups excluding carboxylic acids is 2. The summed E-state index contributed by atoms with van der Waals surface area (Å²) in [6, 6.07) is 20.4. The maximum absolute atomic E-state index is 13.8. The molecule has 2 heterocycles. The monoisotopic (exact) mass is 517 g/mol. The van der Waals surface area contributed by atoms with Gasteiger partial charge in [-0.1, -0.05) is 41.9 Å². The molecule has 0 saturated carbocycles. The molecule has 0 radical (unpaired) electrons. The number of ketones is 1. The van der Waals surface area contributed by atoms with Crippen LogP contribution in [0, 0.1) is 0 Å². The van der Waals surface area contributed by atoms with Crippen LogP contribution in [0.25, 0.3) is 11.0 Å². The molecule has 0 fully saturated rings. The highest BCUT2D eigenvalue weighted by molar-refractivity contribution is 6.31. The molecule has 5 rings (SSSR count). The summed E-state index contributed by atoms with van der Waals surface area (Å²) in [4.78, 5) is 28.6. The number of furan rings is 1. The fourth-order valence-corrected chi connectivity index (χ4v) is 4.81. The number of Topliss-reactive ketones (excluding diaryl/α,β-unsaturated/α-hetero) is 1. The number of hydrogen-bond donors (Lipinski definition) is 1. The number of para-hydroxylation sites is 1. The highest BCUT2D eigenvalue weighted by atomic mass is 35.5. The Balaban J connectivity index is 1.54. The Hall–Kier alpha value is -4.23. The van der Waals surface area contributed by atoms with Crippen LogP contribution in [0.15, 0.2) is 88.5 Å². The van der Waals surface area contributed by atoms with Gasteiger partial charge in [0.25, 0.3) is 5.91 Å². The Morgan fingerprint density at radius 1 is 1.03 bits per heavy atom. The molecule has 1 N–H and O–H groups in total. The Bertz CT molecular complexity index is 1520. The molecule has 8 heteroatoms. The molecule has 4 aromatic rings. The van der Waals surface area contributed by atoms with E-state index in [0.29, 0.717) is 33.7 Å². The third-order valence-corrected chi connectivity index (χ3v) is 6.72. The zero-order valence-electron chi connectivity index (χ0n) is 20.2. The number of benzene rings is 3. The predicted octanol–water partition coefficient (Wildman–Crippen LogP) is 5.92. The lowest BCUT2D eigenvalue weighted by Gasteiger charge is -2.28. The number of methoxy groups -OCH3 is 2. The van der Waals surface area contributed by atoms with E-state index in [1.807, 2.05) is 24.3 Å². The molecule has 1 aliphatic heterocycles. The zero-order valence-corrected chi connectivity index (χ0v) is 21.0. The summed E-state index contributed by atoms with van der Waals surface area (Å²) in [5.41, 5.74) is 1.97. The molecule has 1 unspecified atom stereocenters. The molecule has 188 valence electrons. The molecule has 37 heavy (non-hydrogen) atoms. The first-order valence-electron chi connectivity index (χ1n) is 11.6. The van der Waals surface area contributed by atoms with E-state index < -0.39 is 23.5 Å². The summed E-state index contributed by atoms with van der Waals surface area (Å²) >= 11 is 6.09. The Kier molecular flexibility index (Phi) is 6.63. The number of rotatable bonds is 8. The van der Waals surface area contributed by atoms with Crippen LogP contribution in [0.4, 0.5) is 0 Å². The number of carbonyl (C=O) groups is 2. The van der Waals surface area contributed by atoms with E-state index >= 15 is 0 Å². The van der Waals surface area contributed by atoms with E-state index in [-0.39, 0.29) is 17.9 Å². The van der Waals surface area contributed by atoms with Crippen molar-refractivity contribution in [3.8, 4) is 11.5 Å². The zero-order chi connectivity index (χ0) is 26.1. The van der Waals surface area contributed by atoms with Gasteiger partial charge in [-0.25, -0.2) is 0 Å². The summed E-state index contributed by atoms with van der Waals surface area (Å²) in [5, 5.41) is 12.1. The van der Waals surface area contributed by atoms with Crippen LogP contribution in [-0.2, 0) is 11.2 Å². The Morgan fingerprint density at radius 2 is 1.78 bits per heavy atom. The van der Waals surface area contributed by atoms with Gasteiger partial charge in [-0.3, -0.25) is 9.59 Å². The highest BCUT2D eigenvalue weighted by Crippen LogP contribution is 2.43. The average molecular weight is 518 g/mol. The first kappa shape index (κ1) is 24.5. The van der Waals surface area contributed by atoms with Gasteiger partial charge in [0.15, 0.2) is 11.5 Å². The first-order chi connectivity index (χ1) is 17.9. The van der Waals surface area contributed by atoms with Crippen molar-refractivity contribution in [3.63, 3.8) is 0 Å². The number of aliphatic hydroxyl groups excluding tert-OH is 1. The van der Waals surface area contributed by atoms with Crippen LogP contribution in [0.1, 0.15) is 27.7 Å². The molecule has 0 saturated heterocycles. The van der Waals surface area contributed by atoms with Crippen LogP contribution in [0.5, 0.6) is 11.5 Å².